The van der Waals surface area contributed by atoms with Gasteiger partial charge in [-0.25, -0.2) is 13.2 Å². The van der Waals surface area contributed by atoms with Crippen molar-refractivity contribution in [1.82, 2.24) is 0 Å². The summed E-state index contributed by atoms with van der Waals surface area (Å²) in [6, 6.07) is 13.4. The summed E-state index contributed by atoms with van der Waals surface area (Å²) in [7, 11) is 0. The zero-order chi connectivity index (χ0) is 27.0. The van der Waals surface area contributed by atoms with E-state index in [0.29, 0.717) is 5.56 Å². The molecule has 4 aromatic carbocycles. The van der Waals surface area contributed by atoms with E-state index in [2.05, 4.69) is 9.47 Å². The van der Waals surface area contributed by atoms with Crippen LogP contribution in [-0.2, 0) is 6.11 Å². The molecule has 0 heterocycles. The van der Waals surface area contributed by atoms with Crippen LogP contribution >= 0.6 is 0 Å². The van der Waals surface area contributed by atoms with E-state index in [-0.39, 0.29) is 16.7 Å². The van der Waals surface area contributed by atoms with Crippen molar-refractivity contribution < 1.29 is 44.6 Å². The molecule has 0 N–H and O–H groups in total. The Morgan fingerprint density at radius 3 is 1.62 bits per heavy atom. The van der Waals surface area contributed by atoms with Gasteiger partial charge in [-0.2, -0.15) is 8.78 Å². The topological polar surface area (TPSA) is 18.5 Å². The lowest BCUT2D eigenvalue weighted by molar-refractivity contribution is -0.274. The van der Waals surface area contributed by atoms with E-state index in [1.54, 1.807) is 13.0 Å². The van der Waals surface area contributed by atoms with Gasteiger partial charge in [-0.3, -0.25) is 0 Å². The maximum Gasteiger partial charge on any atom is 0.573 e. The summed E-state index contributed by atoms with van der Waals surface area (Å²) in [5, 5.41) is 0. The first-order valence-corrected chi connectivity index (χ1v) is 10.6. The molecule has 0 saturated carbocycles. The number of hydrogen-bond donors (Lipinski definition) is 0. The molecular weight excluding hydrogens is 508 g/mol. The lowest BCUT2D eigenvalue weighted by Crippen LogP contribution is -2.22. The predicted molar refractivity (Wildman–Crippen MR) is 120 cm³/mol. The average molecular weight is 524 g/mol. The highest BCUT2D eigenvalue weighted by molar-refractivity contribution is 5.72. The molecule has 0 aliphatic heterocycles. The zero-order valence-electron chi connectivity index (χ0n) is 18.8. The van der Waals surface area contributed by atoms with Crippen LogP contribution in [-0.4, -0.2) is 6.36 Å². The van der Waals surface area contributed by atoms with Gasteiger partial charge in [0.15, 0.2) is 0 Å². The smallest absolute Gasteiger partial charge is 0.429 e. The minimum absolute atomic E-state index is 0.0000835. The lowest BCUT2D eigenvalue weighted by atomic mass is 9.97. The Hall–Kier alpha value is -4.08. The fourth-order valence-electron chi connectivity index (χ4n) is 3.61. The molecule has 10 heteroatoms. The van der Waals surface area contributed by atoms with Crippen LogP contribution in [0.15, 0.2) is 78.9 Å². The van der Waals surface area contributed by atoms with E-state index < -0.39 is 52.5 Å². The van der Waals surface area contributed by atoms with Crippen molar-refractivity contribution >= 4 is 0 Å². The van der Waals surface area contributed by atoms with Gasteiger partial charge in [-0.05, 0) is 78.2 Å². The van der Waals surface area contributed by atoms with E-state index in [4.69, 9.17) is 0 Å². The predicted octanol–water partition coefficient (Wildman–Crippen LogP) is 8.77. The number of rotatable bonds is 6. The van der Waals surface area contributed by atoms with E-state index in [9.17, 15) is 35.1 Å². The van der Waals surface area contributed by atoms with Gasteiger partial charge < -0.3 is 9.47 Å². The number of benzene rings is 4. The third kappa shape index (κ3) is 6.02. The number of aryl methyl sites for hydroxylation is 1. The highest BCUT2D eigenvalue weighted by Crippen LogP contribution is 2.36. The fourth-order valence-corrected chi connectivity index (χ4v) is 3.61. The van der Waals surface area contributed by atoms with Crippen molar-refractivity contribution in [1.29, 1.82) is 0 Å². The second kappa shape index (κ2) is 9.76. The third-order valence-corrected chi connectivity index (χ3v) is 5.29. The Morgan fingerprint density at radius 1 is 0.568 bits per heavy atom. The van der Waals surface area contributed by atoms with Crippen LogP contribution in [0.4, 0.5) is 35.1 Å². The molecule has 2 nitrogen and oxygen atoms in total. The minimum Gasteiger partial charge on any atom is -0.429 e. The number of ether oxygens (including phenoxy) is 2. The molecule has 0 aliphatic rings. The van der Waals surface area contributed by atoms with Crippen molar-refractivity contribution in [3.63, 3.8) is 0 Å². The molecule has 0 aromatic heterocycles. The van der Waals surface area contributed by atoms with E-state index >= 15 is 0 Å². The Kier molecular flexibility index (Phi) is 6.86. The third-order valence-electron chi connectivity index (χ3n) is 5.29. The maximum absolute atomic E-state index is 14.8. The Morgan fingerprint density at radius 2 is 1.11 bits per heavy atom. The van der Waals surface area contributed by atoms with E-state index in [1.807, 2.05) is 0 Å². The van der Waals surface area contributed by atoms with Crippen LogP contribution in [0, 0.1) is 24.4 Å². The molecule has 0 spiro atoms. The SMILES string of the molecule is Cc1ccc(-c2cc(F)c(-c3ccc(C(F)(F)Oc4ccc(OC(F)(F)F)cc4)cc3)c(F)c2)c(F)c1. The first-order chi connectivity index (χ1) is 17.3. The van der Waals surface area contributed by atoms with Gasteiger partial charge in [-0.1, -0.05) is 24.3 Å². The monoisotopic (exact) mass is 524 g/mol. The number of halogens is 8. The molecule has 4 rings (SSSR count). The number of alkyl halides is 5. The molecule has 0 saturated heterocycles. The van der Waals surface area contributed by atoms with E-state index in [0.717, 1.165) is 60.7 Å². The van der Waals surface area contributed by atoms with Gasteiger partial charge in [0.25, 0.3) is 0 Å². The Bertz CT molecular complexity index is 1390. The summed E-state index contributed by atoms with van der Waals surface area (Å²) in [4.78, 5) is 0. The molecule has 0 radical (unpaired) electrons. The summed E-state index contributed by atoms with van der Waals surface area (Å²) in [6.07, 6.45) is -8.86. The molecule has 37 heavy (non-hydrogen) atoms. The molecule has 192 valence electrons. The molecule has 0 fully saturated rings. The van der Waals surface area contributed by atoms with Gasteiger partial charge in [0.05, 0.1) is 11.1 Å². The second-order valence-corrected chi connectivity index (χ2v) is 8.01. The molecule has 0 unspecified atom stereocenters. The standard InChI is InChI=1S/C27H16F8O2/c1-15-2-11-21(22(28)12-15)17-13-23(29)25(24(30)14-17)16-3-5-18(6-4-16)26(31,32)36-19-7-9-20(10-8-19)37-27(33,34)35/h2-14H,1H3. The van der Waals surface area contributed by atoms with Crippen LogP contribution in [0.25, 0.3) is 22.3 Å². The highest BCUT2D eigenvalue weighted by Gasteiger charge is 2.35. The molecule has 4 aromatic rings. The van der Waals surface area contributed by atoms with Crippen LogP contribution in [0.3, 0.4) is 0 Å². The first kappa shape index (κ1) is 26.0. The van der Waals surface area contributed by atoms with Gasteiger partial charge in [-0.15, -0.1) is 13.2 Å². The van der Waals surface area contributed by atoms with Crippen LogP contribution < -0.4 is 9.47 Å². The zero-order valence-corrected chi connectivity index (χ0v) is 18.8. The molecule has 0 bridgehead atoms. The average Bonchev–Trinajstić information content (AvgIpc) is 2.79. The van der Waals surface area contributed by atoms with Crippen LogP contribution in [0.5, 0.6) is 11.5 Å². The summed E-state index contributed by atoms with van der Waals surface area (Å²) in [5.74, 6) is -3.76. The minimum atomic E-state index is -4.94. The fraction of sp³-hybridized carbons (Fsp3) is 0.111. The normalized spacial score (nSPS) is 11.9. The van der Waals surface area contributed by atoms with Gasteiger partial charge in [0.1, 0.15) is 29.0 Å². The number of hydrogen-bond acceptors (Lipinski definition) is 2. The first-order valence-electron chi connectivity index (χ1n) is 10.6. The van der Waals surface area contributed by atoms with Gasteiger partial charge in [0, 0.05) is 5.56 Å². The lowest BCUT2D eigenvalue weighted by Gasteiger charge is -2.19. The summed E-state index contributed by atoms with van der Waals surface area (Å²) < 4.78 is 118. The second-order valence-electron chi connectivity index (χ2n) is 8.01. The molecule has 0 aliphatic carbocycles. The molecular formula is C27H16F8O2. The van der Waals surface area contributed by atoms with Gasteiger partial charge >= 0.3 is 12.5 Å². The Balaban J connectivity index is 1.55. The van der Waals surface area contributed by atoms with Crippen molar-refractivity contribution in [2.75, 3.05) is 0 Å². The Labute approximate surface area is 205 Å². The van der Waals surface area contributed by atoms with E-state index in [1.165, 1.54) is 12.1 Å². The largest absolute Gasteiger partial charge is 0.573 e. The maximum atomic E-state index is 14.8. The molecule has 0 atom stereocenters. The van der Waals surface area contributed by atoms with Crippen LogP contribution in [0.2, 0.25) is 0 Å². The van der Waals surface area contributed by atoms with Crippen molar-refractivity contribution in [3.05, 3.63) is 107 Å². The summed E-state index contributed by atoms with van der Waals surface area (Å²) in [6.45, 7) is 1.67. The van der Waals surface area contributed by atoms with Crippen molar-refractivity contribution in [3.8, 4) is 33.8 Å². The molecule has 0 amide bonds. The van der Waals surface area contributed by atoms with Gasteiger partial charge in [0.2, 0.25) is 0 Å². The quantitative estimate of drug-likeness (QED) is 0.235. The summed E-state index contributed by atoms with van der Waals surface area (Å²) in [5.41, 5.74) is -0.621. The summed E-state index contributed by atoms with van der Waals surface area (Å²) >= 11 is 0. The van der Waals surface area contributed by atoms with Crippen molar-refractivity contribution in [2.45, 2.75) is 19.4 Å². The highest BCUT2D eigenvalue weighted by atomic mass is 19.4. The van der Waals surface area contributed by atoms with Crippen molar-refractivity contribution in [2.24, 2.45) is 0 Å². The van der Waals surface area contributed by atoms with Crippen LogP contribution in [0.1, 0.15) is 11.1 Å².